The van der Waals surface area contributed by atoms with Crippen LogP contribution in [0.3, 0.4) is 0 Å². The summed E-state index contributed by atoms with van der Waals surface area (Å²) in [6, 6.07) is 14.0. The van der Waals surface area contributed by atoms with E-state index < -0.39 is 5.82 Å². The second kappa shape index (κ2) is 10.4. The molecule has 1 amide bonds. The Bertz CT molecular complexity index is 968. The number of methoxy groups -OCH3 is 1. The van der Waals surface area contributed by atoms with Gasteiger partial charge in [0.2, 0.25) is 5.91 Å². The number of amides is 1. The Balaban J connectivity index is 1.65. The Morgan fingerprint density at radius 3 is 2.76 bits per heavy atom. The molecule has 0 aliphatic carbocycles. The molecule has 0 bridgehead atoms. The van der Waals surface area contributed by atoms with Gasteiger partial charge in [-0.15, -0.1) is 10.2 Å². The highest BCUT2D eigenvalue weighted by molar-refractivity contribution is 7.99. The molecule has 152 valence electrons. The van der Waals surface area contributed by atoms with E-state index in [2.05, 4.69) is 15.5 Å². The third kappa shape index (κ3) is 6.03. The summed E-state index contributed by atoms with van der Waals surface area (Å²) in [5, 5.41) is 11.8. The number of carbonyl (C=O) groups is 1. The van der Waals surface area contributed by atoms with E-state index in [4.69, 9.17) is 16.3 Å². The van der Waals surface area contributed by atoms with Gasteiger partial charge in [0.1, 0.15) is 11.6 Å². The number of anilines is 1. The van der Waals surface area contributed by atoms with Gasteiger partial charge in [0.15, 0.2) is 5.16 Å². The van der Waals surface area contributed by atoms with Gasteiger partial charge >= 0.3 is 0 Å². The van der Waals surface area contributed by atoms with Crippen LogP contribution in [0.25, 0.3) is 0 Å². The maximum atomic E-state index is 13.2. The molecule has 0 aliphatic rings. The van der Waals surface area contributed by atoms with Crippen LogP contribution < -0.4 is 5.32 Å². The molecule has 0 spiro atoms. The monoisotopic (exact) mass is 434 g/mol. The number of thioether (sulfide) groups is 1. The van der Waals surface area contributed by atoms with Crippen molar-refractivity contribution in [2.75, 3.05) is 24.8 Å². The lowest BCUT2D eigenvalue weighted by molar-refractivity contribution is -0.113. The molecule has 1 heterocycles. The molecule has 3 aromatic rings. The van der Waals surface area contributed by atoms with Crippen molar-refractivity contribution in [3.8, 4) is 0 Å². The Morgan fingerprint density at radius 2 is 2.03 bits per heavy atom. The molecule has 0 saturated carbocycles. The molecule has 0 atom stereocenters. The maximum Gasteiger partial charge on any atom is 0.234 e. The second-order valence-corrected chi connectivity index (χ2v) is 7.52. The van der Waals surface area contributed by atoms with Gasteiger partial charge in [0.05, 0.1) is 17.4 Å². The fraction of sp³-hybridized carbons (Fsp3) is 0.250. The largest absolute Gasteiger partial charge is 0.383 e. The van der Waals surface area contributed by atoms with Crippen molar-refractivity contribution in [1.82, 2.24) is 14.8 Å². The molecule has 1 N–H and O–H groups in total. The fourth-order valence-electron chi connectivity index (χ4n) is 2.64. The van der Waals surface area contributed by atoms with Gasteiger partial charge in [0, 0.05) is 25.8 Å². The number of aromatic nitrogens is 3. The summed E-state index contributed by atoms with van der Waals surface area (Å²) < 4.78 is 20.4. The molecule has 0 fully saturated rings. The maximum absolute atomic E-state index is 13.2. The molecule has 29 heavy (non-hydrogen) atoms. The second-order valence-electron chi connectivity index (χ2n) is 6.17. The SMILES string of the molecule is COCCn1c(Cc2ccccc2)nnc1SCC(=O)Nc1ccc(F)c(Cl)c1. The van der Waals surface area contributed by atoms with Crippen LogP contribution in [0.1, 0.15) is 11.4 Å². The zero-order chi connectivity index (χ0) is 20.6. The molecule has 0 radical (unpaired) electrons. The number of carbonyl (C=O) groups excluding carboxylic acids is 1. The quantitative estimate of drug-likeness (QED) is 0.515. The normalized spacial score (nSPS) is 10.9. The number of ether oxygens (including phenoxy) is 1. The summed E-state index contributed by atoms with van der Waals surface area (Å²) in [4.78, 5) is 12.3. The zero-order valence-corrected chi connectivity index (χ0v) is 17.3. The minimum atomic E-state index is -0.531. The lowest BCUT2D eigenvalue weighted by atomic mass is 10.1. The van der Waals surface area contributed by atoms with E-state index in [0.717, 1.165) is 11.4 Å². The zero-order valence-electron chi connectivity index (χ0n) is 15.8. The van der Waals surface area contributed by atoms with Crippen LogP contribution >= 0.6 is 23.4 Å². The first kappa shape index (κ1) is 21.3. The molecule has 9 heteroatoms. The van der Waals surface area contributed by atoms with Crippen LogP contribution in [0.5, 0.6) is 0 Å². The van der Waals surface area contributed by atoms with Gasteiger partial charge in [-0.05, 0) is 23.8 Å². The minimum Gasteiger partial charge on any atom is -0.383 e. The Kier molecular flexibility index (Phi) is 7.62. The standard InChI is InChI=1S/C20H20ClFN4O2S/c1-28-10-9-26-18(11-14-5-3-2-4-6-14)24-25-20(26)29-13-19(27)23-15-7-8-17(22)16(21)12-15/h2-8,12H,9-11,13H2,1H3,(H,23,27). The van der Waals surface area contributed by atoms with Crippen LogP contribution in [-0.4, -0.2) is 40.1 Å². The van der Waals surface area contributed by atoms with Crippen LogP contribution in [0.2, 0.25) is 5.02 Å². The number of halogens is 2. The van der Waals surface area contributed by atoms with Gasteiger partial charge in [-0.2, -0.15) is 0 Å². The molecule has 2 aromatic carbocycles. The van der Waals surface area contributed by atoms with E-state index in [0.29, 0.717) is 30.4 Å². The summed E-state index contributed by atoms with van der Waals surface area (Å²) >= 11 is 7.02. The molecule has 6 nitrogen and oxygen atoms in total. The van der Waals surface area contributed by atoms with Crippen LogP contribution in [0.15, 0.2) is 53.7 Å². The van der Waals surface area contributed by atoms with Crippen LogP contribution in [0, 0.1) is 5.82 Å². The first-order chi connectivity index (χ1) is 14.1. The molecular weight excluding hydrogens is 415 g/mol. The highest BCUT2D eigenvalue weighted by Gasteiger charge is 2.15. The summed E-state index contributed by atoms with van der Waals surface area (Å²) in [7, 11) is 1.63. The number of nitrogens with zero attached hydrogens (tertiary/aromatic N) is 3. The van der Waals surface area contributed by atoms with Gasteiger partial charge in [-0.1, -0.05) is 53.7 Å². The number of hydrogen-bond donors (Lipinski definition) is 1. The van der Waals surface area contributed by atoms with Crippen LogP contribution in [-0.2, 0) is 22.5 Å². The molecule has 0 unspecified atom stereocenters. The van der Waals surface area contributed by atoms with Crippen molar-refractivity contribution in [1.29, 1.82) is 0 Å². The predicted octanol–water partition coefficient (Wildman–Crippen LogP) is 4.04. The van der Waals surface area contributed by atoms with E-state index in [1.807, 2.05) is 34.9 Å². The number of nitrogens with one attached hydrogen (secondary N) is 1. The van der Waals surface area contributed by atoms with E-state index >= 15 is 0 Å². The summed E-state index contributed by atoms with van der Waals surface area (Å²) in [6.45, 7) is 1.09. The van der Waals surface area contributed by atoms with Crippen molar-refractivity contribution in [3.05, 3.63) is 70.8 Å². The third-order valence-corrected chi connectivity index (χ3v) is 5.31. The predicted molar refractivity (Wildman–Crippen MR) is 112 cm³/mol. The smallest absolute Gasteiger partial charge is 0.234 e. The van der Waals surface area contributed by atoms with Gasteiger partial charge in [-0.3, -0.25) is 4.79 Å². The Labute approximate surface area is 177 Å². The first-order valence-electron chi connectivity index (χ1n) is 8.89. The van der Waals surface area contributed by atoms with Crippen molar-refractivity contribution in [3.63, 3.8) is 0 Å². The lowest BCUT2D eigenvalue weighted by Gasteiger charge is -2.10. The van der Waals surface area contributed by atoms with Crippen LogP contribution in [0.4, 0.5) is 10.1 Å². The third-order valence-electron chi connectivity index (χ3n) is 4.05. The van der Waals surface area contributed by atoms with E-state index in [1.165, 1.54) is 30.0 Å². The molecule has 0 saturated heterocycles. The van der Waals surface area contributed by atoms with Gasteiger partial charge in [-0.25, -0.2) is 4.39 Å². The molecule has 1 aromatic heterocycles. The number of hydrogen-bond acceptors (Lipinski definition) is 5. The summed E-state index contributed by atoms with van der Waals surface area (Å²) in [5.74, 6) is 0.159. The molecule has 0 aliphatic heterocycles. The van der Waals surface area contributed by atoms with Gasteiger partial charge in [0.25, 0.3) is 0 Å². The summed E-state index contributed by atoms with van der Waals surface area (Å²) in [6.07, 6.45) is 0.637. The van der Waals surface area contributed by atoms with E-state index in [9.17, 15) is 9.18 Å². The molecule has 3 rings (SSSR count). The average molecular weight is 435 g/mol. The first-order valence-corrected chi connectivity index (χ1v) is 10.3. The highest BCUT2D eigenvalue weighted by atomic mass is 35.5. The lowest BCUT2D eigenvalue weighted by Crippen LogP contribution is -2.15. The van der Waals surface area contributed by atoms with E-state index in [-0.39, 0.29) is 16.7 Å². The molecular formula is C20H20ClFN4O2S. The fourth-order valence-corrected chi connectivity index (χ4v) is 3.61. The average Bonchev–Trinajstić information content (AvgIpc) is 3.09. The van der Waals surface area contributed by atoms with E-state index in [1.54, 1.807) is 7.11 Å². The van der Waals surface area contributed by atoms with Crippen molar-refractivity contribution in [2.24, 2.45) is 0 Å². The number of rotatable bonds is 9. The number of benzene rings is 2. The minimum absolute atomic E-state index is 0.0414. The van der Waals surface area contributed by atoms with Gasteiger partial charge < -0.3 is 14.6 Å². The summed E-state index contributed by atoms with van der Waals surface area (Å²) in [5.41, 5.74) is 1.56. The van der Waals surface area contributed by atoms with Crippen molar-refractivity contribution < 1.29 is 13.9 Å². The highest BCUT2D eigenvalue weighted by Crippen LogP contribution is 2.21. The Morgan fingerprint density at radius 1 is 1.24 bits per heavy atom. The Hall–Kier alpha value is -2.42. The van der Waals surface area contributed by atoms with Crippen molar-refractivity contribution in [2.45, 2.75) is 18.1 Å². The topological polar surface area (TPSA) is 69.0 Å². The van der Waals surface area contributed by atoms with Crippen molar-refractivity contribution >= 4 is 35.0 Å².